The van der Waals surface area contributed by atoms with Gasteiger partial charge in [-0.05, 0) is 31.0 Å². The van der Waals surface area contributed by atoms with Crippen LogP contribution in [0.1, 0.15) is 17.8 Å². The summed E-state index contributed by atoms with van der Waals surface area (Å²) in [4.78, 5) is 11.9. The van der Waals surface area contributed by atoms with Crippen LogP contribution in [0, 0.1) is 6.92 Å². The molecule has 1 heterocycles. The summed E-state index contributed by atoms with van der Waals surface area (Å²) in [6.45, 7) is 7.88. The second-order valence-electron chi connectivity index (χ2n) is 5.89. The molecular formula is C19H26N4O3S. The van der Waals surface area contributed by atoms with Crippen LogP contribution in [0.4, 0.5) is 0 Å². The van der Waals surface area contributed by atoms with Crippen molar-refractivity contribution < 1.29 is 14.3 Å². The highest BCUT2D eigenvalue weighted by molar-refractivity contribution is 7.99. The lowest BCUT2D eigenvalue weighted by molar-refractivity contribution is -0.118. The number of methoxy groups -OCH3 is 1. The number of aromatic nitrogens is 3. The van der Waals surface area contributed by atoms with Crippen LogP contribution in [-0.2, 0) is 22.7 Å². The topological polar surface area (TPSA) is 78.3 Å². The lowest BCUT2D eigenvalue weighted by atomic mass is 10.2. The molecule has 0 atom stereocenters. The molecule has 7 nitrogen and oxygen atoms in total. The third-order valence-electron chi connectivity index (χ3n) is 3.64. The molecule has 0 radical (unpaired) electrons. The van der Waals surface area contributed by atoms with Gasteiger partial charge < -0.3 is 14.8 Å². The molecule has 0 unspecified atom stereocenters. The fraction of sp³-hybridized carbons (Fsp3) is 0.421. The number of hydrogen-bond donors (Lipinski definition) is 1. The molecule has 0 aliphatic heterocycles. The third kappa shape index (κ3) is 7.07. The van der Waals surface area contributed by atoms with Gasteiger partial charge in [0.05, 0.1) is 5.75 Å². The number of carbonyl (C=O) groups is 1. The van der Waals surface area contributed by atoms with Crippen LogP contribution in [0.15, 0.2) is 42.1 Å². The van der Waals surface area contributed by atoms with Gasteiger partial charge in [0.25, 0.3) is 0 Å². The van der Waals surface area contributed by atoms with Crippen molar-refractivity contribution in [3.05, 3.63) is 48.3 Å². The van der Waals surface area contributed by atoms with Crippen molar-refractivity contribution in [3.8, 4) is 5.75 Å². The zero-order valence-electron chi connectivity index (χ0n) is 15.8. The number of hydrogen-bond acceptors (Lipinski definition) is 6. The molecule has 2 rings (SSSR count). The van der Waals surface area contributed by atoms with Crippen LogP contribution < -0.4 is 10.1 Å². The Morgan fingerprint density at radius 2 is 2.26 bits per heavy atom. The van der Waals surface area contributed by atoms with E-state index in [9.17, 15) is 4.79 Å². The monoisotopic (exact) mass is 390 g/mol. The van der Waals surface area contributed by atoms with Crippen LogP contribution in [0.2, 0.25) is 0 Å². The van der Waals surface area contributed by atoms with Crippen molar-refractivity contribution in [1.82, 2.24) is 20.1 Å². The van der Waals surface area contributed by atoms with E-state index in [1.165, 1.54) is 11.8 Å². The van der Waals surface area contributed by atoms with E-state index in [1.807, 2.05) is 35.8 Å². The van der Waals surface area contributed by atoms with Gasteiger partial charge in [0.15, 0.2) is 11.0 Å². The summed E-state index contributed by atoms with van der Waals surface area (Å²) in [6, 6.07) is 7.84. The summed E-state index contributed by atoms with van der Waals surface area (Å²) in [5.41, 5.74) is 1.13. The predicted octanol–water partition coefficient (Wildman–Crippen LogP) is 2.60. The van der Waals surface area contributed by atoms with E-state index in [2.05, 4.69) is 22.1 Å². The summed E-state index contributed by atoms with van der Waals surface area (Å²) in [6.07, 6.45) is 2.56. The zero-order valence-corrected chi connectivity index (χ0v) is 16.6. The first kappa shape index (κ1) is 21.0. The van der Waals surface area contributed by atoms with Crippen LogP contribution >= 0.6 is 11.8 Å². The minimum atomic E-state index is -0.0400. The number of benzene rings is 1. The second kappa shape index (κ2) is 11.4. The largest absolute Gasteiger partial charge is 0.486 e. The number of carbonyl (C=O) groups excluding carboxylic acids is 1. The van der Waals surface area contributed by atoms with Gasteiger partial charge in [-0.15, -0.1) is 16.8 Å². The van der Waals surface area contributed by atoms with E-state index in [0.717, 1.165) is 17.7 Å². The van der Waals surface area contributed by atoms with Crippen LogP contribution in [-0.4, -0.2) is 46.7 Å². The maximum absolute atomic E-state index is 11.9. The summed E-state index contributed by atoms with van der Waals surface area (Å²) in [7, 11) is 1.64. The average molecular weight is 391 g/mol. The summed E-state index contributed by atoms with van der Waals surface area (Å²) < 4.78 is 12.7. The Kier molecular flexibility index (Phi) is 8.86. The molecule has 27 heavy (non-hydrogen) atoms. The Balaban J connectivity index is 1.91. The number of rotatable bonds is 12. The van der Waals surface area contributed by atoms with E-state index in [0.29, 0.717) is 37.3 Å². The lowest BCUT2D eigenvalue weighted by Gasteiger charge is -2.09. The Morgan fingerprint density at radius 3 is 3.00 bits per heavy atom. The Morgan fingerprint density at radius 1 is 1.41 bits per heavy atom. The van der Waals surface area contributed by atoms with Gasteiger partial charge in [0.2, 0.25) is 5.91 Å². The van der Waals surface area contributed by atoms with E-state index < -0.39 is 0 Å². The van der Waals surface area contributed by atoms with Crippen molar-refractivity contribution in [1.29, 1.82) is 0 Å². The smallest absolute Gasteiger partial charge is 0.230 e. The van der Waals surface area contributed by atoms with Gasteiger partial charge in [-0.25, -0.2) is 0 Å². The average Bonchev–Trinajstić information content (AvgIpc) is 3.04. The highest BCUT2D eigenvalue weighted by Crippen LogP contribution is 2.19. The number of aryl methyl sites for hydroxylation is 1. The standard InChI is InChI=1S/C19H26N4O3S/c1-4-10-23-17(13-26-16-8-5-7-15(2)12-16)21-22-19(23)27-14-18(24)20-9-6-11-25-3/h4-5,7-8,12H,1,6,9-11,13-14H2,2-3H3,(H,20,24). The molecular weight excluding hydrogens is 364 g/mol. The quantitative estimate of drug-likeness (QED) is 0.341. The molecule has 0 spiro atoms. The molecule has 0 aliphatic rings. The number of amides is 1. The predicted molar refractivity (Wildman–Crippen MR) is 106 cm³/mol. The lowest BCUT2D eigenvalue weighted by Crippen LogP contribution is -2.27. The number of nitrogens with zero attached hydrogens (tertiary/aromatic N) is 3. The third-order valence-corrected chi connectivity index (χ3v) is 4.61. The van der Waals surface area contributed by atoms with E-state index in [1.54, 1.807) is 13.2 Å². The van der Waals surface area contributed by atoms with Gasteiger partial charge in [-0.3, -0.25) is 9.36 Å². The van der Waals surface area contributed by atoms with Gasteiger partial charge >= 0.3 is 0 Å². The van der Waals surface area contributed by atoms with Crippen LogP contribution in [0.3, 0.4) is 0 Å². The fourth-order valence-corrected chi connectivity index (χ4v) is 3.12. The van der Waals surface area contributed by atoms with Crippen LogP contribution in [0.25, 0.3) is 0 Å². The summed E-state index contributed by atoms with van der Waals surface area (Å²) in [5, 5.41) is 11.9. The van der Waals surface area contributed by atoms with Gasteiger partial charge in [-0.2, -0.15) is 0 Å². The maximum Gasteiger partial charge on any atom is 0.230 e. The van der Waals surface area contributed by atoms with Crippen molar-refractivity contribution in [2.24, 2.45) is 0 Å². The molecule has 0 fully saturated rings. The van der Waals surface area contributed by atoms with Gasteiger partial charge in [0, 0.05) is 26.8 Å². The van der Waals surface area contributed by atoms with Crippen molar-refractivity contribution >= 4 is 17.7 Å². The Labute approximate surface area is 164 Å². The van der Waals surface area contributed by atoms with E-state index >= 15 is 0 Å². The van der Waals surface area contributed by atoms with E-state index in [4.69, 9.17) is 9.47 Å². The van der Waals surface area contributed by atoms with Crippen molar-refractivity contribution in [2.75, 3.05) is 26.0 Å². The molecule has 0 saturated heterocycles. The van der Waals surface area contributed by atoms with Gasteiger partial charge in [-0.1, -0.05) is 30.0 Å². The maximum atomic E-state index is 11.9. The van der Waals surface area contributed by atoms with E-state index in [-0.39, 0.29) is 11.7 Å². The second-order valence-corrected chi connectivity index (χ2v) is 6.83. The van der Waals surface area contributed by atoms with Crippen molar-refractivity contribution in [2.45, 2.75) is 31.7 Å². The molecule has 0 aliphatic carbocycles. The molecule has 0 bridgehead atoms. The first-order valence-corrected chi connectivity index (χ1v) is 9.73. The van der Waals surface area contributed by atoms with Crippen molar-refractivity contribution in [3.63, 3.8) is 0 Å². The minimum absolute atomic E-state index is 0.0400. The highest BCUT2D eigenvalue weighted by Gasteiger charge is 2.14. The molecule has 1 amide bonds. The molecule has 2 aromatic rings. The first-order valence-electron chi connectivity index (χ1n) is 8.75. The fourth-order valence-electron chi connectivity index (χ4n) is 2.32. The normalized spacial score (nSPS) is 10.6. The number of ether oxygens (including phenoxy) is 2. The summed E-state index contributed by atoms with van der Waals surface area (Å²) >= 11 is 1.35. The number of thioether (sulfide) groups is 1. The Hall–Kier alpha value is -2.32. The summed E-state index contributed by atoms with van der Waals surface area (Å²) in [5.74, 6) is 1.72. The number of nitrogens with one attached hydrogen (secondary N) is 1. The van der Waals surface area contributed by atoms with Crippen LogP contribution in [0.5, 0.6) is 5.75 Å². The molecule has 0 saturated carbocycles. The Bertz CT molecular complexity index is 748. The molecule has 1 aromatic carbocycles. The molecule has 8 heteroatoms. The molecule has 1 aromatic heterocycles. The number of allylic oxidation sites excluding steroid dienone is 1. The zero-order chi connectivity index (χ0) is 19.5. The highest BCUT2D eigenvalue weighted by atomic mass is 32.2. The SMILES string of the molecule is C=CCn1c(COc2cccc(C)c2)nnc1SCC(=O)NCCCOC. The van der Waals surface area contributed by atoms with Gasteiger partial charge in [0.1, 0.15) is 12.4 Å². The first-order chi connectivity index (χ1) is 13.1. The molecule has 1 N–H and O–H groups in total. The minimum Gasteiger partial charge on any atom is -0.486 e. The molecule has 146 valence electrons.